The summed E-state index contributed by atoms with van der Waals surface area (Å²) in [6, 6.07) is 17.8. The molecule has 0 saturated carbocycles. The minimum Gasteiger partial charge on any atom is -0.352 e. The number of fused-ring (bicyclic) bond motifs is 1. The normalized spacial score (nSPS) is 16.5. The molecular weight excluding hydrogens is 332 g/mol. The van der Waals surface area contributed by atoms with Crippen LogP contribution >= 0.6 is 11.8 Å². The van der Waals surface area contributed by atoms with Crippen LogP contribution < -0.4 is 10.6 Å². The molecule has 2 aromatic rings. The molecule has 0 saturated heterocycles. The molecule has 2 N–H and O–H groups in total. The van der Waals surface area contributed by atoms with Gasteiger partial charge in [0.05, 0.1) is 5.25 Å². The van der Waals surface area contributed by atoms with E-state index in [0.29, 0.717) is 18.7 Å². The fourth-order valence-corrected chi connectivity index (χ4v) is 3.91. The average Bonchev–Trinajstić information content (AvgIpc) is 2.80. The van der Waals surface area contributed by atoms with Crippen molar-refractivity contribution in [1.82, 2.24) is 5.32 Å². The number of para-hydroxylation sites is 1. The van der Waals surface area contributed by atoms with Crippen LogP contribution in [0.15, 0.2) is 54.6 Å². The third-order valence-corrected chi connectivity index (χ3v) is 5.52. The van der Waals surface area contributed by atoms with Crippen LogP contribution in [0, 0.1) is 0 Å². The van der Waals surface area contributed by atoms with Crippen molar-refractivity contribution in [1.29, 1.82) is 0 Å². The lowest BCUT2D eigenvalue weighted by Crippen LogP contribution is -2.26. The van der Waals surface area contributed by atoms with Crippen LogP contribution in [-0.2, 0) is 22.6 Å². The van der Waals surface area contributed by atoms with Gasteiger partial charge in [-0.1, -0.05) is 48.5 Å². The van der Waals surface area contributed by atoms with Gasteiger partial charge in [0.25, 0.3) is 0 Å². The van der Waals surface area contributed by atoms with E-state index in [1.54, 1.807) is 11.8 Å². The molecule has 1 heterocycles. The standard InChI is InChI=1S/C20H22N2O2S/c23-19(21-14-15-6-2-1-3-7-15)12-13-25-18-11-10-16-8-4-5-9-17(16)22-20(18)24/h1-9,18H,10-14H2,(H,21,23)(H,22,24). The van der Waals surface area contributed by atoms with Crippen LogP contribution in [-0.4, -0.2) is 22.8 Å². The minimum absolute atomic E-state index is 0.0219. The Morgan fingerprint density at radius 1 is 1.12 bits per heavy atom. The van der Waals surface area contributed by atoms with Crippen molar-refractivity contribution in [2.75, 3.05) is 11.1 Å². The first-order valence-corrected chi connectivity index (χ1v) is 9.58. The summed E-state index contributed by atoms with van der Waals surface area (Å²) in [5.74, 6) is 0.711. The van der Waals surface area contributed by atoms with E-state index >= 15 is 0 Å². The van der Waals surface area contributed by atoms with E-state index in [-0.39, 0.29) is 17.1 Å². The van der Waals surface area contributed by atoms with Crippen LogP contribution in [0.2, 0.25) is 0 Å². The second-order valence-corrected chi connectivity index (χ2v) is 7.37. The molecule has 1 unspecified atom stereocenters. The average molecular weight is 354 g/mol. The number of thioether (sulfide) groups is 1. The molecule has 1 aliphatic rings. The van der Waals surface area contributed by atoms with E-state index in [2.05, 4.69) is 16.7 Å². The SMILES string of the molecule is O=C(CCSC1CCc2ccccc2NC1=O)NCc1ccccc1. The Bertz CT molecular complexity index is 733. The molecular formula is C20H22N2O2S. The molecule has 4 nitrogen and oxygen atoms in total. The summed E-state index contributed by atoms with van der Waals surface area (Å²) in [7, 11) is 0. The van der Waals surface area contributed by atoms with E-state index in [4.69, 9.17) is 0 Å². The van der Waals surface area contributed by atoms with E-state index in [0.717, 1.165) is 24.1 Å². The number of amides is 2. The predicted molar refractivity (Wildman–Crippen MR) is 103 cm³/mol. The molecule has 130 valence electrons. The molecule has 0 fully saturated rings. The number of anilines is 1. The van der Waals surface area contributed by atoms with Crippen LogP contribution in [0.1, 0.15) is 24.0 Å². The van der Waals surface area contributed by atoms with Crippen LogP contribution in [0.25, 0.3) is 0 Å². The first-order chi connectivity index (χ1) is 12.2. The number of carbonyl (C=O) groups excluding carboxylic acids is 2. The Balaban J connectivity index is 1.41. The largest absolute Gasteiger partial charge is 0.352 e. The third kappa shape index (κ3) is 5.10. The maximum atomic E-state index is 12.3. The molecule has 25 heavy (non-hydrogen) atoms. The number of nitrogens with one attached hydrogen (secondary N) is 2. The Kier molecular flexibility index (Phi) is 6.12. The van der Waals surface area contributed by atoms with Gasteiger partial charge in [0, 0.05) is 24.4 Å². The fraction of sp³-hybridized carbons (Fsp3) is 0.300. The molecule has 2 amide bonds. The highest BCUT2D eigenvalue weighted by Gasteiger charge is 2.23. The monoisotopic (exact) mass is 354 g/mol. The second-order valence-electron chi connectivity index (χ2n) is 6.06. The quantitative estimate of drug-likeness (QED) is 0.836. The summed E-state index contributed by atoms with van der Waals surface area (Å²) in [5, 5.41) is 5.82. The molecule has 0 spiro atoms. The van der Waals surface area contributed by atoms with Gasteiger partial charge in [0.15, 0.2) is 0 Å². The van der Waals surface area contributed by atoms with Crippen LogP contribution in [0.5, 0.6) is 0 Å². The van der Waals surface area contributed by atoms with E-state index in [1.165, 1.54) is 5.56 Å². The second kappa shape index (κ2) is 8.72. The van der Waals surface area contributed by atoms with Gasteiger partial charge in [-0.3, -0.25) is 9.59 Å². The van der Waals surface area contributed by atoms with Crippen molar-refractivity contribution in [2.45, 2.75) is 31.1 Å². The van der Waals surface area contributed by atoms with E-state index in [9.17, 15) is 9.59 Å². The maximum absolute atomic E-state index is 12.3. The number of carbonyl (C=O) groups is 2. The van der Waals surface area contributed by atoms with Gasteiger partial charge in [-0.05, 0) is 30.0 Å². The van der Waals surface area contributed by atoms with Crippen molar-refractivity contribution < 1.29 is 9.59 Å². The predicted octanol–water partition coefficient (Wildman–Crippen LogP) is 3.38. The molecule has 1 atom stereocenters. The minimum atomic E-state index is -0.102. The summed E-state index contributed by atoms with van der Waals surface area (Å²) in [4.78, 5) is 24.3. The van der Waals surface area contributed by atoms with E-state index in [1.807, 2.05) is 48.5 Å². The summed E-state index contributed by atoms with van der Waals surface area (Å²) in [5.41, 5.74) is 3.18. The smallest absolute Gasteiger partial charge is 0.237 e. The first kappa shape index (κ1) is 17.5. The zero-order valence-corrected chi connectivity index (χ0v) is 14.9. The highest BCUT2D eigenvalue weighted by molar-refractivity contribution is 8.00. The van der Waals surface area contributed by atoms with E-state index < -0.39 is 0 Å². The molecule has 0 aromatic heterocycles. The van der Waals surface area contributed by atoms with Crippen molar-refractivity contribution in [3.05, 3.63) is 65.7 Å². The highest BCUT2D eigenvalue weighted by atomic mass is 32.2. The van der Waals surface area contributed by atoms with Crippen molar-refractivity contribution in [2.24, 2.45) is 0 Å². The summed E-state index contributed by atoms with van der Waals surface area (Å²) < 4.78 is 0. The lowest BCUT2D eigenvalue weighted by molar-refractivity contribution is -0.121. The van der Waals surface area contributed by atoms with Gasteiger partial charge >= 0.3 is 0 Å². The molecule has 5 heteroatoms. The summed E-state index contributed by atoms with van der Waals surface area (Å²) in [6.45, 7) is 0.545. The number of rotatable bonds is 6. The highest BCUT2D eigenvalue weighted by Crippen LogP contribution is 2.27. The van der Waals surface area contributed by atoms with Gasteiger partial charge in [0.2, 0.25) is 11.8 Å². The maximum Gasteiger partial charge on any atom is 0.237 e. The van der Waals surface area contributed by atoms with Gasteiger partial charge < -0.3 is 10.6 Å². The van der Waals surface area contributed by atoms with Crippen LogP contribution in [0.4, 0.5) is 5.69 Å². The Morgan fingerprint density at radius 2 is 1.88 bits per heavy atom. The zero-order valence-electron chi connectivity index (χ0n) is 14.0. The zero-order chi connectivity index (χ0) is 17.5. The molecule has 0 radical (unpaired) electrons. The molecule has 2 aromatic carbocycles. The summed E-state index contributed by atoms with van der Waals surface area (Å²) in [6.07, 6.45) is 2.11. The lowest BCUT2D eigenvalue weighted by Gasteiger charge is -2.12. The molecule has 0 aliphatic carbocycles. The number of hydrogen-bond acceptors (Lipinski definition) is 3. The number of hydrogen-bond donors (Lipinski definition) is 2. The third-order valence-electron chi connectivity index (χ3n) is 4.22. The number of benzene rings is 2. The molecule has 0 bridgehead atoms. The van der Waals surface area contributed by atoms with Gasteiger partial charge in [0.1, 0.15) is 0 Å². The van der Waals surface area contributed by atoms with Crippen molar-refractivity contribution >= 4 is 29.3 Å². The van der Waals surface area contributed by atoms with Gasteiger partial charge in [-0.25, -0.2) is 0 Å². The Labute approximate surface area is 152 Å². The van der Waals surface area contributed by atoms with Crippen LogP contribution in [0.3, 0.4) is 0 Å². The fourth-order valence-electron chi connectivity index (χ4n) is 2.83. The Hall–Kier alpha value is -2.27. The van der Waals surface area contributed by atoms with Gasteiger partial charge in [-0.15, -0.1) is 11.8 Å². The number of aryl methyl sites for hydroxylation is 1. The van der Waals surface area contributed by atoms with Crippen molar-refractivity contribution in [3.8, 4) is 0 Å². The lowest BCUT2D eigenvalue weighted by atomic mass is 10.1. The topological polar surface area (TPSA) is 58.2 Å². The molecule has 3 rings (SSSR count). The summed E-state index contributed by atoms with van der Waals surface area (Å²) >= 11 is 1.57. The van der Waals surface area contributed by atoms with Gasteiger partial charge in [-0.2, -0.15) is 0 Å². The first-order valence-electron chi connectivity index (χ1n) is 8.53. The molecule has 1 aliphatic heterocycles. The van der Waals surface area contributed by atoms with Crippen molar-refractivity contribution in [3.63, 3.8) is 0 Å². The Morgan fingerprint density at radius 3 is 2.72 bits per heavy atom.